The molecule has 4 N–H and O–H groups in total. The van der Waals surface area contributed by atoms with Gasteiger partial charge in [0.1, 0.15) is 0 Å². The SMILES string of the molecule is CCOC(=O)C(/C(N)=N/S(=O)(=O)NC(C)C)=C(\O)OCC. The molecule has 0 aromatic rings. The fraction of sp³-hybridized carbons (Fsp3) is 0.636. The zero-order valence-electron chi connectivity index (χ0n) is 12.4. The summed E-state index contributed by atoms with van der Waals surface area (Å²) in [6.45, 7) is 6.32. The minimum absolute atomic E-state index is 0.00596. The summed E-state index contributed by atoms with van der Waals surface area (Å²) in [5.74, 6) is -2.62. The largest absolute Gasteiger partial charge is 0.480 e. The van der Waals surface area contributed by atoms with Crippen LogP contribution in [0.3, 0.4) is 0 Å². The molecule has 10 heteroatoms. The maximum Gasteiger partial charge on any atom is 0.349 e. The highest BCUT2D eigenvalue weighted by Gasteiger charge is 2.25. The van der Waals surface area contributed by atoms with Crippen molar-refractivity contribution >= 4 is 22.0 Å². The predicted molar refractivity (Wildman–Crippen MR) is 76.7 cm³/mol. The fourth-order valence-corrected chi connectivity index (χ4v) is 2.21. The van der Waals surface area contributed by atoms with E-state index in [1.54, 1.807) is 20.8 Å². The van der Waals surface area contributed by atoms with Crippen molar-refractivity contribution in [3.8, 4) is 0 Å². The second-order valence-electron chi connectivity index (χ2n) is 4.06. The maximum absolute atomic E-state index is 11.7. The van der Waals surface area contributed by atoms with Crippen molar-refractivity contribution in [3.63, 3.8) is 0 Å². The number of hydrogen-bond donors (Lipinski definition) is 3. The summed E-state index contributed by atoms with van der Waals surface area (Å²) >= 11 is 0. The molecule has 9 nitrogen and oxygen atoms in total. The van der Waals surface area contributed by atoms with E-state index < -0.39 is 39.6 Å². The molecule has 0 aliphatic heterocycles. The molecule has 0 amide bonds. The highest BCUT2D eigenvalue weighted by molar-refractivity contribution is 7.88. The van der Waals surface area contributed by atoms with E-state index in [4.69, 9.17) is 10.5 Å². The molecule has 0 radical (unpaired) electrons. The molecule has 0 aliphatic carbocycles. The van der Waals surface area contributed by atoms with Crippen LogP contribution in [0.25, 0.3) is 0 Å². The average Bonchev–Trinajstić information content (AvgIpc) is 2.26. The molecule has 0 unspecified atom stereocenters. The molecule has 0 bridgehead atoms. The number of nitrogens with zero attached hydrogens (tertiary/aromatic N) is 1. The fourth-order valence-electron chi connectivity index (χ4n) is 1.21. The number of carbonyl (C=O) groups excluding carboxylic acids is 1. The van der Waals surface area contributed by atoms with Gasteiger partial charge in [-0.15, -0.1) is 4.40 Å². The van der Waals surface area contributed by atoms with Crippen molar-refractivity contribution in [2.45, 2.75) is 33.7 Å². The summed E-state index contributed by atoms with van der Waals surface area (Å²) in [6, 6.07) is -0.415. The lowest BCUT2D eigenvalue weighted by Gasteiger charge is -2.10. The molecule has 0 atom stereocenters. The first-order chi connectivity index (χ1) is 9.64. The number of carbonyl (C=O) groups is 1. The van der Waals surface area contributed by atoms with Crippen molar-refractivity contribution < 1.29 is 27.8 Å². The molecule has 21 heavy (non-hydrogen) atoms. The molecule has 0 aromatic carbocycles. The summed E-state index contributed by atoms with van der Waals surface area (Å²) in [5.41, 5.74) is 4.83. The van der Waals surface area contributed by atoms with Crippen molar-refractivity contribution in [2.75, 3.05) is 13.2 Å². The standard InChI is InChI=1S/C11H21N3O6S/c1-5-19-10(15)8(11(16)20-6-2)9(12)14-21(17,18)13-7(3)4/h7,13,15H,5-6H2,1-4H3,(H2,12,14)/b10-8+. The smallest absolute Gasteiger partial charge is 0.349 e. The Morgan fingerprint density at radius 1 is 1.29 bits per heavy atom. The number of nitrogens with two attached hydrogens (primary N) is 1. The Balaban J connectivity index is 5.64. The van der Waals surface area contributed by atoms with Gasteiger partial charge in [0.2, 0.25) is 0 Å². The van der Waals surface area contributed by atoms with E-state index in [9.17, 15) is 18.3 Å². The van der Waals surface area contributed by atoms with Gasteiger partial charge < -0.3 is 20.3 Å². The highest BCUT2D eigenvalue weighted by Crippen LogP contribution is 2.08. The third-order valence-corrected chi connectivity index (χ3v) is 3.04. The van der Waals surface area contributed by atoms with Crippen molar-refractivity contribution in [1.29, 1.82) is 0 Å². The number of hydrogen-bond acceptors (Lipinski definition) is 6. The van der Waals surface area contributed by atoms with Gasteiger partial charge in [-0.25, -0.2) is 4.79 Å². The number of amidine groups is 1. The Kier molecular flexibility index (Phi) is 7.74. The van der Waals surface area contributed by atoms with Gasteiger partial charge in [-0.1, -0.05) is 0 Å². The summed E-state index contributed by atoms with van der Waals surface area (Å²) in [5, 5.41) is 9.64. The average molecular weight is 323 g/mol. The molecular formula is C11H21N3O6S. The topological polar surface area (TPSA) is 140 Å². The minimum Gasteiger partial charge on any atom is -0.480 e. The first-order valence-corrected chi connectivity index (χ1v) is 7.69. The zero-order valence-corrected chi connectivity index (χ0v) is 13.2. The molecule has 0 saturated carbocycles. The van der Waals surface area contributed by atoms with Gasteiger partial charge in [0.05, 0.1) is 13.2 Å². The molecule has 122 valence electrons. The van der Waals surface area contributed by atoms with Crippen LogP contribution in [0.2, 0.25) is 0 Å². The van der Waals surface area contributed by atoms with Gasteiger partial charge >= 0.3 is 16.2 Å². The van der Waals surface area contributed by atoms with E-state index >= 15 is 0 Å². The maximum atomic E-state index is 11.7. The number of esters is 1. The lowest BCUT2D eigenvalue weighted by atomic mass is 10.2. The minimum atomic E-state index is -4.12. The summed E-state index contributed by atoms with van der Waals surface area (Å²) in [4.78, 5) is 11.7. The number of aliphatic hydroxyl groups is 1. The Hall–Kier alpha value is -1.81. The summed E-state index contributed by atoms with van der Waals surface area (Å²) in [7, 11) is -4.12. The molecule has 0 rings (SSSR count). The second-order valence-corrected chi connectivity index (χ2v) is 5.43. The van der Waals surface area contributed by atoms with Gasteiger partial charge in [0.15, 0.2) is 11.4 Å². The van der Waals surface area contributed by atoms with Gasteiger partial charge in [-0.2, -0.15) is 13.1 Å². The van der Waals surface area contributed by atoms with Gasteiger partial charge in [0.25, 0.3) is 5.95 Å². The van der Waals surface area contributed by atoms with Crippen LogP contribution in [0.4, 0.5) is 0 Å². The van der Waals surface area contributed by atoms with E-state index in [0.717, 1.165) is 0 Å². The third kappa shape index (κ3) is 6.95. The van der Waals surface area contributed by atoms with Crippen molar-refractivity contribution in [3.05, 3.63) is 11.5 Å². The van der Waals surface area contributed by atoms with E-state index in [1.165, 1.54) is 6.92 Å². The lowest BCUT2D eigenvalue weighted by Crippen LogP contribution is -2.32. The zero-order chi connectivity index (χ0) is 16.6. The van der Waals surface area contributed by atoms with Crippen LogP contribution in [0.5, 0.6) is 0 Å². The monoisotopic (exact) mass is 323 g/mol. The van der Waals surface area contributed by atoms with Crippen LogP contribution in [0, 0.1) is 0 Å². The van der Waals surface area contributed by atoms with Crippen LogP contribution >= 0.6 is 0 Å². The summed E-state index contributed by atoms with van der Waals surface area (Å²) < 4.78 is 38.1. The quantitative estimate of drug-likeness (QED) is 0.187. The van der Waals surface area contributed by atoms with Crippen LogP contribution < -0.4 is 10.5 Å². The first kappa shape index (κ1) is 19.2. The summed E-state index contributed by atoms with van der Waals surface area (Å²) in [6.07, 6.45) is 0. The second kappa shape index (κ2) is 8.47. The van der Waals surface area contributed by atoms with Crippen LogP contribution in [0.1, 0.15) is 27.7 Å². The molecule has 0 fully saturated rings. The number of ether oxygens (including phenoxy) is 2. The van der Waals surface area contributed by atoms with E-state index in [1.807, 2.05) is 0 Å². The molecular weight excluding hydrogens is 302 g/mol. The first-order valence-electron chi connectivity index (χ1n) is 6.25. The predicted octanol–water partition coefficient (Wildman–Crippen LogP) is -0.0444. The van der Waals surface area contributed by atoms with Crippen LogP contribution in [-0.4, -0.2) is 44.6 Å². The van der Waals surface area contributed by atoms with Crippen LogP contribution in [-0.2, 0) is 24.5 Å². The van der Waals surface area contributed by atoms with Gasteiger partial charge in [-0.3, -0.25) is 0 Å². The molecule has 0 aromatic heterocycles. The number of nitrogens with one attached hydrogen (secondary N) is 1. The van der Waals surface area contributed by atoms with E-state index in [-0.39, 0.29) is 13.2 Å². The Bertz CT molecular complexity index is 524. The molecule has 0 heterocycles. The number of aliphatic hydroxyl groups excluding tert-OH is 1. The van der Waals surface area contributed by atoms with Gasteiger partial charge in [-0.05, 0) is 27.7 Å². The highest BCUT2D eigenvalue weighted by atomic mass is 32.2. The van der Waals surface area contributed by atoms with E-state index in [0.29, 0.717) is 0 Å². The van der Waals surface area contributed by atoms with E-state index in [2.05, 4.69) is 13.9 Å². The Morgan fingerprint density at radius 2 is 1.81 bits per heavy atom. The Labute approximate surface area is 124 Å². The molecule has 0 aliphatic rings. The number of rotatable bonds is 8. The lowest BCUT2D eigenvalue weighted by molar-refractivity contribution is -0.138. The van der Waals surface area contributed by atoms with Crippen molar-refractivity contribution in [2.24, 2.45) is 10.1 Å². The third-order valence-electron chi connectivity index (χ3n) is 1.83. The van der Waals surface area contributed by atoms with Gasteiger partial charge in [0, 0.05) is 6.04 Å². The Morgan fingerprint density at radius 3 is 2.24 bits per heavy atom. The molecule has 0 saturated heterocycles. The van der Waals surface area contributed by atoms with Crippen LogP contribution in [0.15, 0.2) is 15.9 Å². The normalized spacial score (nSPS) is 13.9. The van der Waals surface area contributed by atoms with Crippen molar-refractivity contribution in [1.82, 2.24) is 4.72 Å². The molecule has 0 spiro atoms.